The molecule has 1 rings (SSSR count). The highest BCUT2D eigenvalue weighted by molar-refractivity contribution is 5.54. The number of carbonyl (C=O) groups excluding carboxylic acids is 1. The van der Waals surface area contributed by atoms with Crippen LogP contribution in [-0.4, -0.2) is 13.0 Å². The number of hydrogen-bond donors (Lipinski definition) is 1. The lowest BCUT2D eigenvalue weighted by atomic mass is 10.1. The highest BCUT2D eigenvalue weighted by Crippen LogP contribution is 2.04. The van der Waals surface area contributed by atoms with Crippen LogP contribution in [0.15, 0.2) is 35.9 Å². The molecule has 0 aliphatic heterocycles. The second kappa shape index (κ2) is 5.14. The summed E-state index contributed by atoms with van der Waals surface area (Å²) >= 11 is 0. The number of amides is 1. The monoisotopic (exact) mass is 175 g/mol. The van der Waals surface area contributed by atoms with Crippen molar-refractivity contribution in [1.82, 2.24) is 5.32 Å². The van der Waals surface area contributed by atoms with Crippen LogP contribution in [-0.2, 0) is 4.79 Å². The number of rotatable bonds is 4. The average molecular weight is 175 g/mol. The maximum atomic E-state index is 10.0. The normalized spacial score (nSPS) is 11.0. The zero-order valence-corrected chi connectivity index (χ0v) is 7.66. The molecule has 0 aromatic heterocycles. The molecular formula is C11H13NO. The van der Waals surface area contributed by atoms with E-state index in [1.807, 2.05) is 37.3 Å². The molecule has 0 fully saturated rings. The van der Waals surface area contributed by atoms with Gasteiger partial charge in [-0.15, -0.1) is 0 Å². The quantitative estimate of drug-likeness (QED) is 0.695. The van der Waals surface area contributed by atoms with E-state index in [9.17, 15) is 4.79 Å². The molecule has 0 saturated heterocycles. The van der Waals surface area contributed by atoms with Crippen LogP contribution in [0.1, 0.15) is 12.5 Å². The summed E-state index contributed by atoms with van der Waals surface area (Å²) in [5, 5.41) is 2.62. The first-order valence-corrected chi connectivity index (χ1v) is 4.22. The molecule has 0 aliphatic carbocycles. The van der Waals surface area contributed by atoms with Gasteiger partial charge in [-0.05, 0) is 12.5 Å². The van der Waals surface area contributed by atoms with Crippen LogP contribution in [0.3, 0.4) is 0 Å². The Bertz CT molecular complexity index is 290. The second-order valence-corrected chi connectivity index (χ2v) is 2.90. The van der Waals surface area contributed by atoms with Gasteiger partial charge in [-0.2, -0.15) is 0 Å². The topological polar surface area (TPSA) is 29.1 Å². The number of hydrogen-bond acceptors (Lipinski definition) is 1. The van der Waals surface area contributed by atoms with Crippen molar-refractivity contribution in [3.63, 3.8) is 0 Å². The Morgan fingerprint density at radius 3 is 2.69 bits per heavy atom. The molecule has 0 spiro atoms. The van der Waals surface area contributed by atoms with Crippen LogP contribution in [0.4, 0.5) is 0 Å². The summed E-state index contributed by atoms with van der Waals surface area (Å²) in [4.78, 5) is 10.0. The van der Waals surface area contributed by atoms with Gasteiger partial charge in [0.1, 0.15) is 0 Å². The van der Waals surface area contributed by atoms with Gasteiger partial charge in [0, 0.05) is 6.54 Å². The van der Waals surface area contributed by atoms with Gasteiger partial charge < -0.3 is 5.32 Å². The van der Waals surface area contributed by atoms with E-state index in [1.54, 1.807) is 0 Å². The Labute approximate surface area is 78.3 Å². The van der Waals surface area contributed by atoms with E-state index in [1.165, 1.54) is 0 Å². The molecular weight excluding hydrogens is 162 g/mol. The Morgan fingerprint density at radius 2 is 2.08 bits per heavy atom. The number of benzene rings is 1. The van der Waals surface area contributed by atoms with Gasteiger partial charge in [0.05, 0.1) is 0 Å². The molecule has 2 nitrogen and oxygen atoms in total. The first-order valence-electron chi connectivity index (χ1n) is 4.22. The van der Waals surface area contributed by atoms with Crippen LogP contribution < -0.4 is 5.32 Å². The molecule has 1 aromatic rings. The Kier molecular flexibility index (Phi) is 3.76. The van der Waals surface area contributed by atoms with E-state index in [0.29, 0.717) is 13.0 Å². The highest BCUT2D eigenvalue weighted by atomic mass is 16.1. The molecule has 2 heteroatoms. The minimum absolute atomic E-state index is 0.610. The predicted octanol–water partition coefficient (Wildman–Crippen LogP) is 1.84. The Morgan fingerprint density at radius 1 is 1.38 bits per heavy atom. The third kappa shape index (κ3) is 3.56. The zero-order valence-electron chi connectivity index (χ0n) is 7.66. The lowest BCUT2D eigenvalue weighted by molar-refractivity contribution is -0.109. The SMILES string of the molecule is C/C(=C\c1ccccc1)CNC=O. The first kappa shape index (κ1) is 9.52. The van der Waals surface area contributed by atoms with Gasteiger partial charge in [0.25, 0.3) is 0 Å². The first-order chi connectivity index (χ1) is 6.33. The fourth-order valence-electron chi connectivity index (χ4n) is 1.09. The summed E-state index contributed by atoms with van der Waals surface area (Å²) in [6.07, 6.45) is 2.76. The molecule has 13 heavy (non-hydrogen) atoms. The van der Waals surface area contributed by atoms with Gasteiger partial charge in [0.2, 0.25) is 6.41 Å². The molecule has 0 aliphatic rings. The van der Waals surface area contributed by atoms with Gasteiger partial charge >= 0.3 is 0 Å². The molecule has 1 N–H and O–H groups in total. The summed E-state index contributed by atoms with van der Waals surface area (Å²) in [7, 11) is 0. The van der Waals surface area contributed by atoms with Crippen LogP contribution in [0.25, 0.3) is 6.08 Å². The lowest BCUT2D eigenvalue weighted by Gasteiger charge is -1.99. The van der Waals surface area contributed by atoms with Crippen molar-refractivity contribution in [3.8, 4) is 0 Å². The van der Waals surface area contributed by atoms with Gasteiger partial charge in [0.15, 0.2) is 0 Å². The predicted molar refractivity (Wildman–Crippen MR) is 54.2 cm³/mol. The van der Waals surface area contributed by atoms with Crippen molar-refractivity contribution in [2.45, 2.75) is 6.92 Å². The fraction of sp³-hybridized carbons (Fsp3) is 0.182. The van der Waals surface area contributed by atoms with Crippen LogP contribution in [0.2, 0.25) is 0 Å². The molecule has 0 heterocycles. The standard InChI is InChI=1S/C11H13NO/c1-10(8-12-9-13)7-11-5-3-2-4-6-11/h2-7,9H,8H2,1H3,(H,12,13)/b10-7+. The van der Waals surface area contributed by atoms with E-state index < -0.39 is 0 Å². The smallest absolute Gasteiger partial charge is 0.207 e. The highest BCUT2D eigenvalue weighted by Gasteiger charge is 1.88. The van der Waals surface area contributed by atoms with E-state index in [4.69, 9.17) is 0 Å². The zero-order chi connectivity index (χ0) is 9.52. The minimum atomic E-state index is 0.610. The van der Waals surface area contributed by atoms with Crippen molar-refractivity contribution in [2.24, 2.45) is 0 Å². The average Bonchev–Trinajstić information content (AvgIpc) is 2.16. The van der Waals surface area contributed by atoms with Gasteiger partial charge in [-0.3, -0.25) is 4.79 Å². The number of nitrogens with one attached hydrogen (secondary N) is 1. The minimum Gasteiger partial charge on any atom is -0.355 e. The summed E-state index contributed by atoms with van der Waals surface area (Å²) in [5.41, 5.74) is 2.30. The van der Waals surface area contributed by atoms with Crippen molar-refractivity contribution in [1.29, 1.82) is 0 Å². The molecule has 0 unspecified atom stereocenters. The molecule has 0 atom stereocenters. The molecule has 68 valence electrons. The summed E-state index contributed by atoms with van der Waals surface area (Å²) in [6, 6.07) is 10.0. The summed E-state index contributed by atoms with van der Waals surface area (Å²) in [6.45, 7) is 2.60. The molecule has 0 bridgehead atoms. The van der Waals surface area contributed by atoms with Crippen molar-refractivity contribution in [2.75, 3.05) is 6.54 Å². The Balaban J connectivity index is 2.60. The fourth-order valence-corrected chi connectivity index (χ4v) is 1.09. The second-order valence-electron chi connectivity index (χ2n) is 2.90. The van der Waals surface area contributed by atoms with Crippen LogP contribution in [0.5, 0.6) is 0 Å². The van der Waals surface area contributed by atoms with Crippen LogP contribution >= 0.6 is 0 Å². The summed E-state index contributed by atoms with van der Waals surface area (Å²) in [5.74, 6) is 0. The van der Waals surface area contributed by atoms with E-state index in [-0.39, 0.29) is 0 Å². The third-order valence-electron chi connectivity index (χ3n) is 1.68. The Hall–Kier alpha value is -1.57. The number of carbonyl (C=O) groups is 1. The molecule has 0 radical (unpaired) electrons. The van der Waals surface area contributed by atoms with Gasteiger partial charge in [-0.25, -0.2) is 0 Å². The van der Waals surface area contributed by atoms with E-state index in [0.717, 1.165) is 11.1 Å². The van der Waals surface area contributed by atoms with E-state index in [2.05, 4.69) is 11.4 Å². The summed E-state index contributed by atoms with van der Waals surface area (Å²) < 4.78 is 0. The third-order valence-corrected chi connectivity index (χ3v) is 1.68. The van der Waals surface area contributed by atoms with Crippen molar-refractivity contribution < 1.29 is 4.79 Å². The van der Waals surface area contributed by atoms with Crippen molar-refractivity contribution in [3.05, 3.63) is 41.5 Å². The lowest BCUT2D eigenvalue weighted by Crippen LogP contribution is -2.12. The molecule has 1 amide bonds. The largest absolute Gasteiger partial charge is 0.355 e. The van der Waals surface area contributed by atoms with Crippen LogP contribution in [0, 0.1) is 0 Å². The van der Waals surface area contributed by atoms with Gasteiger partial charge in [-0.1, -0.05) is 42.0 Å². The maximum Gasteiger partial charge on any atom is 0.207 e. The van der Waals surface area contributed by atoms with E-state index >= 15 is 0 Å². The van der Waals surface area contributed by atoms with Crippen molar-refractivity contribution >= 4 is 12.5 Å². The molecule has 1 aromatic carbocycles. The molecule has 0 saturated carbocycles. The maximum absolute atomic E-state index is 10.0.